The Morgan fingerprint density at radius 2 is 1.95 bits per heavy atom. The number of benzene rings is 1. The molecule has 0 bridgehead atoms. The zero-order valence-corrected chi connectivity index (χ0v) is 11.5. The minimum absolute atomic E-state index is 0.0338. The van der Waals surface area contributed by atoms with Gasteiger partial charge >= 0.3 is 6.01 Å². The average molecular weight is 297 g/mol. The summed E-state index contributed by atoms with van der Waals surface area (Å²) >= 11 is 0. The molecule has 2 aromatic heterocycles. The average Bonchev–Trinajstić information content (AvgIpc) is 2.98. The zero-order valence-electron chi connectivity index (χ0n) is 11.5. The van der Waals surface area contributed by atoms with E-state index in [1.165, 1.54) is 6.07 Å². The molecule has 8 nitrogen and oxygen atoms in total. The number of imidazole rings is 1. The molecule has 22 heavy (non-hydrogen) atoms. The molecule has 1 aliphatic rings. The van der Waals surface area contributed by atoms with Gasteiger partial charge in [-0.2, -0.15) is 9.97 Å². The quantitative estimate of drug-likeness (QED) is 0.539. The smallest absolute Gasteiger partial charge is 0.317 e. The summed E-state index contributed by atoms with van der Waals surface area (Å²) in [6.45, 7) is 1.83. The Hall–Kier alpha value is -3.16. The number of nitrogens with zero attached hydrogens (tertiary/aromatic N) is 3. The molecule has 1 unspecified atom stereocenters. The van der Waals surface area contributed by atoms with E-state index in [9.17, 15) is 15.0 Å². The Balaban J connectivity index is 1.87. The molecular formula is C14H11N5O3. The number of anilines is 1. The first-order valence-corrected chi connectivity index (χ1v) is 6.63. The number of fused-ring (bicyclic) bond motifs is 2. The van der Waals surface area contributed by atoms with E-state index < -0.39 is 6.01 Å². The molecule has 3 heterocycles. The molecule has 110 valence electrons. The number of hydrogen-bond acceptors (Lipinski definition) is 6. The van der Waals surface area contributed by atoms with Gasteiger partial charge < -0.3 is 20.5 Å². The van der Waals surface area contributed by atoms with Crippen LogP contribution < -0.4 is 5.32 Å². The van der Waals surface area contributed by atoms with Crippen LogP contribution in [0, 0.1) is 0 Å². The van der Waals surface area contributed by atoms with E-state index >= 15 is 0 Å². The van der Waals surface area contributed by atoms with Crippen molar-refractivity contribution in [2.45, 2.75) is 12.8 Å². The number of carbonyl (C=O) groups excluding carboxylic acids is 1. The van der Waals surface area contributed by atoms with Crippen LogP contribution in [0.1, 0.15) is 18.4 Å². The highest BCUT2D eigenvalue weighted by Gasteiger charge is 2.27. The van der Waals surface area contributed by atoms with E-state index in [0.29, 0.717) is 11.3 Å². The lowest BCUT2D eigenvalue weighted by molar-refractivity contribution is -0.116. The van der Waals surface area contributed by atoms with Gasteiger partial charge in [-0.3, -0.25) is 4.79 Å². The maximum absolute atomic E-state index is 11.7. The van der Waals surface area contributed by atoms with Gasteiger partial charge in [-0.15, -0.1) is 0 Å². The highest BCUT2D eigenvalue weighted by molar-refractivity contribution is 6.05. The van der Waals surface area contributed by atoms with Gasteiger partial charge in [-0.25, -0.2) is 4.98 Å². The first-order valence-electron chi connectivity index (χ1n) is 6.63. The predicted molar refractivity (Wildman–Crippen MR) is 77.5 cm³/mol. The molecule has 4 N–H and O–H groups in total. The monoisotopic (exact) mass is 297 g/mol. The fourth-order valence-electron chi connectivity index (χ4n) is 2.59. The fraction of sp³-hybridized carbons (Fsp3) is 0.143. The molecule has 0 saturated heterocycles. The summed E-state index contributed by atoms with van der Waals surface area (Å²) in [4.78, 5) is 26.3. The highest BCUT2D eigenvalue weighted by Crippen LogP contribution is 2.35. The second-order valence-corrected chi connectivity index (χ2v) is 5.16. The summed E-state index contributed by atoms with van der Waals surface area (Å²) in [5.41, 5.74) is 3.33. The zero-order chi connectivity index (χ0) is 15.4. The Kier molecular flexibility index (Phi) is 2.38. The summed E-state index contributed by atoms with van der Waals surface area (Å²) in [6.07, 6.45) is 0. The minimum atomic E-state index is -0.529. The second kappa shape index (κ2) is 4.17. The van der Waals surface area contributed by atoms with Gasteiger partial charge in [0.25, 0.3) is 0 Å². The topological polar surface area (TPSA) is 124 Å². The van der Waals surface area contributed by atoms with Crippen molar-refractivity contribution in [3.05, 3.63) is 23.8 Å². The van der Waals surface area contributed by atoms with Crippen LogP contribution in [-0.4, -0.2) is 36.1 Å². The van der Waals surface area contributed by atoms with Crippen LogP contribution >= 0.6 is 0 Å². The number of rotatable bonds is 1. The Morgan fingerprint density at radius 3 is 2.73 bits per heavy atom. The summed E-state index contributed by atoms with van der Waals surface area (Å²) < 4.78 is 0. The Morgan fingerprint density at radius 1 is 1.14 bits per heavy atom. The van der Waals surface area contributed by atoms with E-state index in [2.05, 4.69) is 25.3 Å². The van der Waals surface area contributed by atoms with Crippen molar-refractivity contribution in [1.82, 2.24) is 19.9 Å². The van der Waals surface area contributed by atoms with Crippen molar-refractivity contribution in [1.29, 1.82) is 0 Å². The van der Waals surface area contributed by atoms with Gasteiger partial charge in [0.1, 0.15) is 5.69 Å². The summed E-state index contributed by atoms with van der Waals surface area (Å²) in [6, 6.07) is 4.42. The Bertz CT molecular complexity index is 913. The van der Waals surface area contributed by atoms with Crippen LogP contribution in [0.4, 0.5) is 5.69 Å². The van der Waals surface area contributed by atoms with Crippen molar-refractivity contribution in [2.24, 2.45) is 0 Å². The number of aromatic nitrogens is 4. The number of carbonyl (C=O) groups is 1. The number of aromatic amines is 1. The molecule has 3 aromatic rings. The molecule has 1 aliphatic heterocycles. The maximum Gasteiger partial charge on any atom is 0.317 e. The molecule has 8 heteroatoms. The van der Waals surface area contributed by atoms with Crippen molar-refractivity contribution >= 4 is 22.6 Å². The van der Waals surface area contributed by atoms with E-state index in [-0.39, 0.29) is 23.4 Å². The number of nitrogens with one attached hydrogen (secondary N) is 2. The van der Waals surface area contributed by atoms with Gasteiger partial charge in [0.05, 0.1) is 17.0 Å². The SMILES string of the molecule is CC1C(=O)Nc2cc3[nH]c(-c4cc(O)nc(O)n4)nc3cc21. The second-order valence-electron chi connectivity index (χ2n) is 5.16. The van der Waals surface area contributed by atoms with Crippen molar-refractivity contribution < 1.29 is 15.0 Å². The molecule has 1 amide bonds. The van der Waals surface area contributed by atoms with Crippen molar-refractivity contribution in [2.75, 3.05) is 5.32 Å². The fourth-order valence-corrected chi connectivity index (χ4v) is 2.59. The van der Waals surface area contributed by atoms with Crippen molar-refractivity contribution in [3.8, 4) is 23.4 Å². The third-order valence-corrected chi connectivity index (χ3v) is 3.71. The number of aromatic hydroxyl groups is 2. The first-order chi connectivity index (χ1) is 10.5. The van der Waals surface area contributed by atoms with Crippen LogP contribution in [0.5, 0.6) is 11.9 Å². The largest absolute Gasteiger partial charge is 0.493 e. The molecule has 0 radical (unpaired) electrons. The maximum atomic E-state index is 11.7. The predicted octanol–water partition coefficient (Wildman–Crippen LogP) is 1.49. The van der Waals surface area contributed by atoms with Gasteiger partial charge in [0.2, 0.25) is 11.8 Å². The molecule has 0 spiro atoms. The first kappa shape index (κ1) is 12.6. The molecule has 1 aromatic carbocycles. The van der Waals surface area contributed by atoms with E-state index in [1.807, 2.05) is 19.1 Å². The normalized spacial score (nSPS) is 16.8. The summed E-state index contributed by atoms with van der Waals surface area (Å²) in [5.74, 6) is -0.197. The van der Waals surface area contributed by atoms with Gasteiger partial charge in [0, 0.05) is 11.8 Å². The molecule has 4 rings (SSSR count). The lowest BCUT2D eigenvalue weighted by Gasteiger charge is -1.99. The van der Waals surface area contributed by atoms with Crippen LogP contribution in [-0.2, 0) is 4.79 Å². The molecule has 1 atom stereocenters. The minimum Gasteiger partial charge on any atom is -0.493 e. The van der Waals surface area contributed by atoms with E-state index in [4.69, 9.17) is 0 Å². The molecule has 0 fully saturated rings. The van der Waals surface area contributed by atoms with Crippen LogP contribution in [0.3, 0.4) is 0 Å². The number of amides is 1. The van der Waals surface area contributed by atoms with Gasteiger partial charge in [-0.1, -0.05) is 0 Å². The molecular weight excluding hydrogens is 286 g/mol. The standard InChI is InChI=1S/C14H11N5O3/c1-5-6-2-8-9(3-7(6)17-13(5)21)16-12(15-8)10-4-11(20)19-14(22)18-10/h2-5H,1H3,(H,15,16)(H,17,21)(H2,18,19,20,22). The number of H-pyrrole nitrogens is 1. The third-order valence-electron chi connectivity index (χ3n) is 3.71. The van der Waals surface area contributed by atoms with Gasteiger partial charge in [-0.05, 0) is 24.6 Å². The molecule has 0 saturated carbocycles. The van der Waals surface area contributed by atoms with E-state index in [0.717, 1.165) is 16.8 Å². The lowest BCUT2D eigenvalue weighted by atomic mass is 10.0. The summed E-state index contributed by atoms with van der Waals surface area (Å²) in [7, 11) is 0. The van der Waals surface area contributed by atoms with Crippen LogP contribution in [0.15, 0.2) is 18.2 Å². The van der Waals surface area contributed by atoms with Crippen LogP contribution in [0.2, 0.25) is 0 Å². The van der Waals surface area contributed by atoms with E-state index in [1.54, 1.807) is 0 Å². The Labute approximate surface area is 123 Å². The lowest BCUT2D eigenvalue weighted by Crippen LogP contribution is -2.08. The third kappa shape index (κ3) is 1.77. The highest BCUT2D eigenvalue weighted by atomic mass is 16.3. The number of hydrogen-bond donors (Lipinski definition) is 4. The van der Waals surface area contributed by atoms with Crippen molar-refractivity contribution in [3.63, 3.8) is 0 Å². The van der Waals surface area contributed by atoms with Gasteiger partial charge in [0.15, 0.2) is 5.82 Å². The molecule has 0 aliphatic carbocycles. The van der Waals surface area contributed by atoms with Crippen LogP contribution in [0.25, 0.3) is 22.6 Å². The summed E-state index contributed by atoms with van der Waals surface area (Å²) in [5, 5.41) is 21.6.